The third-order valence-electron chi connectivity index (χ3n) is 1.49. The maximum absolute atomic E-state index is 12.1. The van der Waals surface area contributed by atoms with Gasteiger partial charge >= 0.3 is 6.18 Å². The molecule has 1 atom stereocenters. The second kappa shape index (κ2) is 2.82. The van der Waals surface area contributed by atoms with Crippen molar-refractivity contribution in [3.05, 3.63) is 23.7 Å². The normalized spacial score (nSPS) is 14.8. The molecule has 1 rings (SSSR count). The van der Waals surface area contributed by atoms with E-state index in [2.05, 4.69) is 4.42 Å². The summed E-state index contributed by atoms with van der Waals surface area (Å²) in [5, 5.41) is 0. The quantitative estimate of drug-likeness (QED) is 0.718. The lowest BCUT2D eigenvalue weighted by atomic mass is 10.1. The Balaban J connectivity index is 3.08. The number of hydrogen-bond donors (Lipinski definition) is 1. The molecule has 68 valence electrons. The molecule has 0 aromatic carbocycles. The van der Waals surface area contributed by atoms with E-state index in [4.69, 9.17) is 5.73 Å². The average molecular weight is 179 g/mol. The van der Waals surface area contributed by atoms with Crippen LogP contribution in [0.2, 0.25) is 0 Å². The maximum Gasteiger partial charge on any atom is 0.419 e. The summed E-state index contributed by atoms with van der Waals surface area (Å²) in [7, 11) is 0. The first kappa shape index (κ1) is 9.12. The van der Waals surface area contributed by atoms with E-state index < -0.39 is 17.8 Å². The third kappa shape index (κ3) is 1.61. The second-order valence-electron chi connectivity index (χ2n) is 2.53. The van der Waals surface area contributed by atoms with Crippen molar-refractivity contribution in [2.75, 3.05) is 0 Å². The van der Waals surface area contributed by atoms with E-state index in [1.54, 1.807) is 0 Å². The summed E-state index contributed by atoms with van der Waals surface area (Å²) >= 11 is 0. The molecule has 0 saturated carbocycles. The van der Waals surface area contributed by atoms with Crippen LogP contribution in [-0.2, 0) is 6.18 Å². The van der Waals surface area contributed by atoms with Crippen molar-refractivity contribution < 1.29 is 17.6 Å². The maximum atomic E-state index is 12.1. The van der Waals surface area contributed by atoms with Crippen LogP contribution in [0.1, 0.15) is 24.1 Å². The fourth-order valence-electron chi connectivity index (χ4n) is 0.890. The summed E-state index contributed by atoms with van der Waals surface area (Å²) in [6.45, 7) is 1.47. The zero-order valence-corrected chi connectivity index (χ0v) is 6.35. The van der Waals surface area contributed by atoms with E-state index in [1.165, 1.54) is 6.92 Å². The Morgan fingerprint density at radius 3 is 2.33 bits per heavy atom. The van der Waals surface area contributed by atoms with Gasteiger partial charge in [-0.25, -0.2) is 0 Å². The number of furan rings is 1. The van der Waals surface area contributed by atoms with Gasteiger partial charge in [0.25, 0.3) is 0 Å². The number of rotatable bonds is 1. The van der Waals surface area contributed by atoms with Gasteiger partial charge in [0.05, 0.1) is 11.8 Å². The fourth-order valence-corrected chi connectivity index (χ4v) is 0.890. The van der Waals surface area contributed by atoms with Gasteiger partial charge in [-0.1, -0.05) is 0 Å². The molecule has 1 aromatic rings. The lowest BCUT2D eigenvalue weighted by molar-refractivity contribution is -0.138. The first-order valence-corrected chi connectivity index (χ1v) is 3.32. The highest BCUT2D eigenvalue weighted by Gasteiger charge is 2.35. The first-order chi connectivity index (χ1) is 5.43. The topological polar surface area (TPSA) is 39.2 Å². The molecule has 1 heterocycles. The van der Waals surface area contributed by atoms with Gasteiger partial charge in [-0.15, -0.1) is 0 Å². The van der Waals surface area contributed by atoms with Crippen LogP contribution in [0.25, 0.3) is 0 Å². The van der Waals surface area contributed by atoms with Crippen molar-refractivity contribution in [3.8, 4) is 0 Å². The third-order valence-corrected chi connectivity index (χ3v) is 1.49. The van der Waals surface area contributed by atoms with Crippen LogP contribution in [0.15, 0.2) is 16.9 Å². The highest BCUT2D eigenvalue weighted by molar-refractivity contribution is 5.26. The van der Waals surface area contributed by atoms with Crippen molar-refractivity contribution in [2.24, 2.45) is 5.73 Å². The Morgan fingerprint density at radius 2 is 2.00 bits per heavy atom. The van der Waals surface area contributed by atoms with Gasteiger partial charge in [-0.05, 0) is 6.92 Å². The van der Waals surface area contributed by atoms with Gasteiger partial charge in [0.1, 0.15) is 6.26 Å². The first-order valence-electron chi connectivity index (χ1n) is 3.32. The monoisotopic (exact) mass is 179 g/mol. The van der Waals surface area contributed by atoms with E-state index in [-0.39, 0.29) is 5.56 Å². The standard InChI is InChI=1S/C7H8F3NO/c1-4(11)5-2-12-3-6(5)7(8,9)10/h2-4H,11H2,1H3. The van der Waals surface area contributed by atoms with Gasteiger partial charge in [0.2, 0.25) is 0 Å². The summed E-state index contributed by atoms with van der Waals surface area (Å²) in [5.74, 6) is 0. The highest BCUT2D eigenvalue weighted by atomic mass is 19.4. The van der Waals surface area contributed by atoms with Crippen LogP contribution >= 0.6 is 0 Å². The molecule has 0 bridgehead atoms. The Kier molecular flexibility index (Phi) is 2.14. The van der Waals surface area contributed by atoms with Crippen molar-refractivity contribution in [2.45, 2.75) is 19.1 Å². The van der Waals surface area contributed by atoms with E-state index in [0.717, 1.165) is 6.26 Å². The number of nitrogens with two attached hydrogens (primary N) is 1. The van der Waals surface area contributed by atoms with Crippen LogP contribution in [0.3, 0.4) is 0 Å². The molecule has 0 amide bonds. The van der Waals surface area contributed by atoms with E-state index in [9.17, 15) is 13.2 Å². The van der Waals surface area contributed by atoms with Crippen molar-refractivity contribution >= 4 is 0 Å². The Hall–Kier alpha value is -0.970. The molecule has 0 radical (unpaired) electrons. The van der Waals surface area contributed by atoms with Gasteiger partial charge in [0.15, 0.2) is 0 Å². The molecule has 2 nitrogen and oxygen atoms in total. The lowest BCUT2D eigenvalue weighted by Crippen LogP contribution is -2.12. The summed E-state index contributed by atoms with van der Waals surface area (Å²) in [6, 6.07) is -0.666. The summed E-state index contributed by atoms with van der Waals surface area (Å²) in [6.07, 6.45) is -2.69. The van der Waals surface area contributed by atoms with Crippen LogP contribution in [0.4, 0.5) is 13.2 Å². The van der Waals surface area contributed by atoms with Crippen LogP contribution in [0.5, 0.6) is 0 Å². The average Bonchev–Trinajstić information content (AvgIpc) is 2.30. The molecule has 0 aliphatic rings. The Morgan fingerprint density at radius 1 is 1.42 bits per heavy atom. The van der Waals surface area contributed by atoms with E-state index >= 15 is 0 Å². The van der Waals surface area contributed by atoms with Crippen molar-refractivity contribution in [1.29, 1.82) is 0 Å². The summed E-state index contributed by atoms with van der Waals surface area (Å²) in [4.78, 5) is 0. The van der Waals surface area contributed by atoms with E-state index in [0.29, 0.717) is 6.26 Å². The molecule has 0 spiro atoms. The molecular formula is C7H8F3NO. The minimum atomic E-state index is -4.38. The molecule has 0 aliphatic heterocycles. The largest absolute Gasteiger partial charge is 0.472 e. The van der Waals surface area contributed by atoms with E-state index in [1.807, 2.05) is 0 Å². The molecule has 0 aliphatic carbocycles. The van der Waals surface area contributed by atoms with Crippen LogP contribution in [0, 0.1) is 0 Å². The van der Waals surface area contributed by atoms with Gasteiger partial charge in [-0.2, -0.15) is 13.2 Å². The van der Waals surface area contributed by atoms with Crippen molar-refractivity contribution in [1.82, 2.24) is 0 Å². The molecule has 1 aromatic heterocycles. The number of halogens is 3. The van der Waals surface area contributed by atoms with Gasteiger partial charge in [0, 0.05) is 11.6 Å². The van der Waals surface area contributed by atoms with Crippen LogP contribution < -0.4 is 5.73 Å². The molecule has 5 heteroatoms. The predicted molar refractivity (Wildman–Crippen MR) is 36.3 cm³/mol. The molecule has 2 N–H and O–H groups in total. The second-order valence-corrected chi connectivity index (χ2v) is 2.53. The minimum absolute atomic E-state index is 0.0116. The number of hydrogen-bond acceptors (Lipinski definition) is 2. The Bertz CT molecular complexity index is 264. The Labute approximate surface area is 67.2 Å². The smallest absolute Gasteiger partial charge is 0.419 e. The minimum Gasteiger partial charge on any atom is -0.472 e. The zero-order valence-electron chi connectivity index (χ0n) is 6.35. The van der Waals surface area contributed by atoms with Gasteiger partial charge in [-0.3, -0.25) is 0 Å². The zero-order chi connectivity index (χ0) is 9.35. The van der Waals surface area contributed by atoms with Gasteiger partial charge < -0.3 is 10.2 Å². The summed E-state index contributed by atoms with van der Waals surface area (Å²) in [5.41, 5.74) is 4.49. The summed E-state index contributed by atoms with van der Waals surface area (Å²) < 4.78 is 40.8. The molecule has 0 fully saturated rings. The highest BCUT2D eigenvalue weighted by Crippen LogP contribution is 2.34. The molecule has 12 heavy (non-hydrogen) atoms. The van der Waals surface area contributed by atoms with Crippen molar-refractivity contribution in [3.63, 3.8) is 0 Å². The molecule has 0 saturated heterocycles. The molecule has 1 unspecified atom stereocenters. The SMILES string of the molecule is CC(N)c1cocc1C(F)(F)F. The molecular weight excluding hydrogens is 171 g/mol. The lowest BCUT2D eigenvalue weighted by Gasteiger charge is -2.08. The van der Waals surface area contributed by atoms with Crippen LogP contribution in [-0.4, -0.2) is 0 Å². The predicted octanol–water partition coefficient (Wildman–Crippen LogP) is 2.32. The number of alkyl halides is 3. The fraction of sp³-hybridized carbons (Fsp3) is 0.429.